The summed E-state index contributed by atoms with van der Waals surface area (Å²) in [4.78, 5) is 51.8. The summed E-state index contributed by atoms with van der Waals surface area (Å²) in [6.45, 7) is 7.71. The van der Waals surface area contributed by atoms with Gasteiger partial charge in [0.1, 0.15) is 11.6 Å². The van der Waals surface area contributed by atoms with Gasteiger partial charge in [-0.25, -0.2) is 4.39 Å². The topological polar surface area (TPSA) is 130 Å². The Morgan fingerprint density at radius 1 is 1.21 bits per heavy atom. The average molecular weight is 541 g/mol. The van der Waals surface area contributed by atoms with Crippen molar-refractivity contribution in [3.8, 4) is 0 Å². The molecule has 3 amide bonds. The molecule has 39 heavy (non-hydrogen) atoms. The van der Waals surface area contributed by atoms with Crippen LogP contribution in [0.2, 0.25) is 0 Å². The summed E-state index contributed by atoms with van der Waals surface area (Å²) in [7, 11) is 0. The number of carbonyl (C=O) groups is 4. The van der Waals surface area contributed by atoms with E-state index in [2.05, 4.69) is 21.1 Å². The fraction of sp³-hybridized carbons (Fsp3) is 0.483. The van der Waals surface area contributed by atoms with Crippen molar-refractivity contribution in [2.45, 2.75) is 65.5 Å². The summed E-state index contributed by atoms with van der Waals surface area (Å²) < 4.78 is 18.5. The molecule has 0 spiro atoms. The SMILES string of the molecule is C/C=C/[C@H](C[C@@H]1CCNC1=O)NC(=O)[C@@H](CC(=O)[C@@H](NC(=O)c1cc(C)on1)C(C)C)Cc1ccc(F)cc1. The maximum Gasteiger partial charge on any atom is 0.274 e. The number of carbonyl (C=O) groups excluding carboxylic acids is 4. The molecule has 0 aliphatic carbocycles. The molecule has 0 unspecified atom stereocenters. The first-order chi connectivity index (χ1) is 18.6. The van der Waals surface area contributed by atoms with Gasteiger partial charge in [-0.2, -0.15) is 0 Å². The van der Waals surface area contributed by atoms with Crippen molar-refractivity contribution in [3.05, 3.63) is 65.3 Å². The van der Waals surface area contributed by atoms with Gasteiger partial charge in [0.15, 0.2) is 11.5 Å². The number of nitrogens with one attached hydrogen (secondary N) is 3. The predicted octanol–water partition coefficient (Wildman–Crippen LogP) is 3.28. The quantitative estimate of drug-likeness (QED) is 0.334. The normalized spacial score (nSPS) is 17.6. The molecule has 210 valence electrons. The van der Waals surface area contributed by atoms with Gasteiger partial charge in [0, 0.05) is 36.9 Å². The van der Waals surface area contributed by atoms with E-state index in [1.54, 1.807) is 32.9 Å². The Labute approximate surface area is 228 Å². The number of amides is 3. The van der Waals surface area contributed by atoms with Crippen molar-refractivity contribution in [3.63, 3.8) is 0 Å². The third kappa shape index (κ3) is 8.59. The van der Waals surface area contributed by atoms with Crippen LogP contribution in [-0.2, 0) is 20.8 Å². The highest BCUT2D eigenvalue weighted by molar-refractivity contribution is 5.97. The van der Waals surface area contributed by atoms with Crippen LogP contribution in [0.4, 0.5) is 4.39 Å². The molecule has 1 saturated heterocycles. The molecular weight excluding hydrogens is 503 g/mol. The Morgan fingerprint density at radius 2 is 1.92 bits per heavy atom. The molecule has 3 N–H and O–H groups in total. The second-order valence-electron chi connectivity index (χ2n) is 10.4. The van der Waals surface area contributed by atoms with Gasteiger partial charge < -0.3 is 20.5 Å². The summed E-state index contributed by atoms with van der Waals surface area (Å²) in [6, 6.07) is 6.02. The first kappa shape index (κ1) is 29.7. The number of halogens is 1. The molecule has 1 aliphatic heterocycles. The van der Waals surface area contributed by atoms with Gasteiger partial charge in [0.2, 0.25) is 11.8 Å². The van der Waals surface area contributed by atoms with E-state index in [0.717, 1.165) is 0 Å². The molecule has 9 nitrogen and oxygen atoms in total. The molecule has 2 aromatic rings. The standard InChI is InChI=1S/C29H37FN4O5/c1-5-6-23(15-20-11-12-31-27(20)36)32-28(37)21(14-19-7-9-22(30)10-8-19)16-25(35)26(17(2)3)33-29(38)24-13-18(4)39-34-24/h5-10,13,17,20-21,23,26H,11-12,14-16H2,1-4H3,(H,31,36)(H,32,37)(H,33,38)/b6-5+/t20-,21+,23+,26-/m0/s1. The van der Waals surface area contributed by atoms with Gasteiger partial charge in [-0.3, -0.25) is 19.2 Å². The number of Topliss-reactive ketones (excluding diaryl/α,β-unsaturated/α-hetero) is 1. The molecule has 0 bridgehead atoms. The highest BCUT2D eigenvalue weighted by Gasteiger charge is 2.32. The van der Waals surface area contributed by atoms with Crippen LogP contribution in [0.25, 0.3) is 0 Å². The molecule has 1 aromatic heterocycles. The lowest BCUT2D eigenvalue weighted by atomic mass is 9.87. The summed E-state index contributed by atoms with van der Waals surface area (Å²) >= 11 is 0. The maximum absolute atomic E-state index is 13.5. The Balaban J connectivity index is 1.77. The first-order valence-corrected chi connectivity index (χ1v) is 13.3. The Bertz CT molecular complexity index is 1190. The van der Waals surface area contributed by atoms with Gasteiger partial charge in [0.25, 0.3) is 5.91 Å². The van der Waals surface area contributed by atoms with Gasteiger partial charge >= 0.3 is 0 Å². The van der Waals surface area contributed by atoms with E-state index in [0.29, 0.717) is 30.7 Å². The molecule has 0 saturated carbocycles. The van der Waals surface area contributed by atoms with Gasteiger partial charge in [0.05, 0.1) is 6.04 Å². The third-order valence-electron chi connectivity index (χ3n) is 6.83. The predicted molar refractivity (Wildman–Crippen MR) is 143 cm³/mol. The van der Waals surface area contributed by atoms with E-state index in [4.69, 9.17) is 4.52 Å². The largest absolute Gasteiger partial charge is 0.361 e. The summed E-state index contributed by atoms with van der Waals surface area (Å²) in [5.74, 6) is -2.39. The van der Waals surface area contributed by atoms with E-state index in [1.807, 2.05) is 19.1 Å². The van der Waals surface area contributed by atoms with Crippen molar-refractivity contribution in [1.29, 1.82) is 0 Å². The van der Waals surface area contributed by atoms with Gasteiger partial charge in [-0.15, -0.1) is 0 Å². The van der Waals surface area contributed by atoms with Crippen LogP contribution >= 0.6 is 0 Å². The van der Waals surface area contributed by atoms with E-state index >= 15 is 0 Å². The lowest BCUT2D eigenvalue weighted by molar-refractivity contribution is -0.131. The van der Waals surface area contributed by atoms with E-state index in [1.165, 1.54) is 18.2 Å². The number of aryl methyl sites for hydroxylation is 1. The monoisotopic (exact) mass is 540 g/mol. The van der Waals surface area contributed by atoms with Crippen LogP contribution in [0.1, 0.15) is 61.8 Å². The molecule has 1 fully saturated rings. The van der Waals surface area contributed by atoms with Crippen molar-refractivity contribution in [1.82, 2.24) is 21.1 Å². The van der Waals surface area contributed by atoms with Crippen LogP contribution in [0.15, 0.2) is 47.0 Å². The number of nitrogens with zero attached hydrogens (tertiary/aromatic N) is 1. The zero-order chi connectivity index (χ0) is 28.5. The highest BCUT2D eigenvalue weighted by Crippen LogP contribution is 2.21. The lowest BCUT2D eigenvalue weighted by Gasteiger charge is -2.25. The molecule has 10 heteroatoms. The summed E-state index contributed by atoms with van der Waals surface area (Å²) in [6.07, 6.45) is 4.84. The fourth-order valence-corrected chi connectivity index (χ4v) is 4.73. The van der Waals surface area contributed by atoms with E-state index in [9.17, 15) is 23.6 Å². The van der Waals surface area contributed by atoms with Crippen LogP contribution in [0.3, 0.4) is 0 Å². The number of hydrogen-bond acceptors (Lipinski definition) is 6. The van der Waals surface area contributed by atoms with Crippen LogP contribution < -0.4 is 16.0 Å². The Kier molecular flexibility index (Phi) is 10.5. The van der Waals surface area contributed by atoms with E-state index in [-0.39, 0.29) is 48.0 Å². The van der Waals surface area contributed by atoms with Crippen molar-refractivity contribution >= 4 is 23.5 Å². The number of hydrogen-bond donors (Lipinski definition) is 3. The smallest absolute Gasteiger partial charge is 0.274 e. The summed E-state index contributed by atoms with van der Waals surface area (Å²) in [5, 5.41) is 12.2. The van der Waals surface area contributed by atoms with Gasteiger partial charge in [-0.1, -0.05) is 43.3 Å². The minimum atomic E-state index is -0.855. The molecule has 0 radical (unpaired) electrons. The number of rotatable bonds is 13. The van der Waals surface area contributed by atoms with Crippen LogP contribution in [0.5, 0.6) is 0 Å². The Morgan fingerprint density at radius 3 is 2.49 bits per heavy atom. The highest BCUT2D eigenvalue weighted by atomic mass is 19.1. The minimum Gasteiger partial charge on any atom is -0.361 e. The molecule has 3 rings (SSSR count). The molecule has 1 aliphatic rings. The maximum atomic E-state index is 13.5. The second kappa shape index (κ2) is 13.8. The molecular formula is C29H37FN4O5. The molecule has 2 heterocycles. The first-order valence-electron chi connectivity index (χ1n) is 13.3. The number of aromatic nitrogens is 1. The van der Waals surface area contributed by atoms with Crippen molar-refractivity contribution in [2.75, 3.05) is 6.54 Å². The Hall–Kier alpha value is -3.82. The van der Waals surface area contributed by atoms with Gasteiger partial charge in [-0.05, 0) is 56.7 Å². The summed E-state index contributed by atoms with van der Waals surface area (Å²) in [5.41, 5.74) is 0.766. The second-order valence-corrected chi connectivity index (χ2v) is 10.4. The van der Waals surface area contributed by atoms with Crippen molar-refractivity contribution in [2.24, 2.45) is 17.8 Å². The van der Waals surface area contributed by atoms with E-state index < -0.39 is 29.7 Å². The molecule has 4 atom stereocenters. The fourth-order valence-electron chi connectivity index (χ4n) is 4.73. The number of allylic oxidation sites excluding steroid dienone is 1. The third-order valence-corrected chi connectivity index (χ3v) is 6.83. The molecule has 1 aromatic carbocycles. The number of benzene rings is 1. The zero-order valence-corrected chi connectivity index (χ0v) is 22.8. The zero-order valence-electron chi connectivity index (χ0n) is 22.8. The van der Waals surface area contributed by atoms with Crippen LogP contribution in [0, 0.1) is 30.5 Å². The van der Waals surface area contributed by atoms with Crippen molar-refractivity contribution < 1.29 is 28.1 Å². The van der Waals surface area contributed by atoms with Crippen LogP contribution in [-0.4, -0.2) is 47.3 Å². The lowest BCUT2D eigenvalue weighted by Crippen LogP contribution is -2.47. The number of ketones is 1. The minimum absolute atomic E-state index is 0.0328. The average Bonchev–Trinajstić information content (AvgIpc) is 3.50.